The summed E-state index contributed by atoms with van der Waals surface area (Å²) in [6.45, 7) is 13.9. The van der Waals surface area contributed by atoms with Gasteiger partial charge < -0.3 is 18.9 Å². The molecule has 1 unspecified atom stereocenters. The fourth-order valence-corrected chi connectivity index (χ4v) is 3.43. The third-order valence-electron chi connectivity index (χ3n) is 4.63. The first-order valence-corrected chi connectivity index (χ1v) is 11.2. The van der Waals surface area contributed by atoms with Gasteiger partial charge in [0, 0.05) is 39.0 Å². The third kappa shape index (κ3) is 11.5. The first kappa shape index (κ1) is 25.8. The highest BCUT2D eigenvalue weighted by Crippen LogP contribution is 2.34. The van der Waals surface area contributed by atoms with Gasteiger partial charge in [0.2, 0.25) is 0 Å². The molecule has 4 nitrogen and oxygen atoms in total. The summed E-state index contributed by atoms with van der Waals surface area (Å²) in [5.74, 6) is -0.648. The van der Waals surface area contributed by atoms with Gasteiger partial charge in [-0.2, -0.15) is 0 Å². The maximum Gasteiger partial charge on any atom is 0.285 e. The standard InChI is InChI=1S/C22H46O4/c1-6-11-12-13-14-15-17-21(18-16-20-23-19-7-2)22(24-8-3,25-9-4)26-10-5/h21H,6-20H2,1-5H3. The predicted molar refractivity (Wildman–Crippen MR) is 109 cm³/mol. The van der Waals surface area contributed by atoms with Crippen molar-refractivity contribution in [2.75, 3.05) is 33.0 Å². The lowest BCUT2D eigenvalue weighted by Gasteiger charge is -2.39. The molecule has 0 radical (unpaired) electrons. The lowest BCUT2D eigenvalue weighted by atomic mass is 9.93. The molecule has 4 heteroatoms. The molecule has 0 saturated carbocycles. The van der Waals surface area contributed by atoms with E-state index in [2.05, 4.69) is 13.8 Å². The minimum Gasteiger partial charge on any atom is -0.381 e. The molecule has 0 bridgehead atoms. The maximum atomic E-state index is 6.06. The smallest absolute Gasteiger partial charge is 0.285 e. The van der Waals surface area contributed by atoms with E-state index in [4.69, 9.17) is 18.9 Å². The van der Waals surface area contributed by atoms with Gasteiger partial charge in [-0.15, -0.1) is 0 Å². The summed E-state index contributed by atoms with van der Waals surface area (Å²) >= 11 is 0. The van der Waals surface area contributed by atoms with Gasteiger partial charge in [-0.05, 0) is 46.5 Å². The molecule has 0 heterocycles. The largest absolute Gasteiger partial charge is 0.381 e. The molecule has 1 atom stereocenters. The van der Waals surface area contributed by atoms with E-state index in [9.17, 15) is 0 Å². The summed E-state index contributed by atoms with van der Waals surface area (Å²) in [4.78, 5) is 0. The topological polar surface area (TPSA) is 36.9 Å². The Balaban J connectivity index is 4.74. The molecule has 0 saturated heterocycles. The summed E-state index contributed by atoms with van der Waals surface area (Å²) in [5, 5.41) is 0. The number of rotatable bonds is 20. The van der Waals surface area contributed by atoms with Crippen molar-refractivity contribution in [1.82, 2.24) is 0 Å². The quantitative estimate of drug-likeness (QED) is 0.184. The monoisotopic (exact) mass is 374 g/mol. The van der Waals surface area contributed by atoms with Crippen LogP contribution >= 0.6 is 0 Å². The van der Waals surface area contributed by atoms with Gasteiger partial charge in [-0.1, -0.05) is 52.4 Å². The van der Waals surface area contributed by atoms with E-state index >= 15 is 0 Å². The van der Waals surface area contributed by atoms with E-state index < -0.39 is 5.97 Å². The van der Waals surface area contributed by atoms with Gasteiger partial charge >= 0.3 is 0 Å². The Morgan fingerprint density at radius 2 is 1.12 bits per heavy atom. The molecule has 0 rings (SSSR count). The van der Waals surface area contributed by atoms with Gasteiger partial charge in [0.15, 0.2) is 0 Å². The Kier molecular flexibility index (Phi) is 18.1. The SMILES string of the molecule is CCCCCCCCC(CCCOCCC)C(OCC)(OCC)OCC. The van der Waals surface area contributed by atoms with Gasteiger partial charge in [0.05, 0.1) is 0 Å². The molecule has 158 valence electrons. The van der Waals surface area contributed by atoms with Gasteiger partial charge in [-0.3, -0.25) is 0 Å². The van der Waals surface area contributed by atoms with Gasteiger partial charge in [0.25, 0.3) is 5.97 Å². The summed E-state index contributed by atoms with van der Waals surface area (Å²) in [6.07, 6.45) is 12.0. The Hall–Kier alpha value is -0.160. The molecule has 0 aliphatic heterocycles. The first-order valence-electron chi connectivity index (χ1n) is 11.2. The first-order chi connectivity index (χ1) is 12.7. The van der Waals surface area contributed by atoms with Crippen LogP contribution in [0.25, 0.3) is 0 Å². The lowest BCUT2D eigenvalue weighted by molar-refractivity contribution is -0.403. The van der Waals surface area contributed by atoms with Crippen molar-refractivity contribution in [2.45, 2.75) is 105 Å². The van der Waals surface area contributed by atoms with Crippen molar-refractivity contribution in [2.24, 2.45) is 5.92 Å². The van der Waals surface area contributed by atoms with Crippen LogP contribution in [0.3, 0.4) is 0 Å². The molecule has 0 spiro atoms. The van der Waals surface area contributed by atoms with Crippen LogP contribution in [0, 0.1) is 5.92 Å². The van der Waals surface area contributed by atoms with Crippen molar-refractivity contribution in [3.05, 3.63) is 0 Å². The highest BCUT2D eigenvalue weighted by atomic mass is 16.9. The molecule has 0 aromatic carbocycles. The molecular formula is C22H46O4. The Bertz CT molecular complexity index is 266. The Labute approximate surface area is 163 Å². The number of unbranched alkanes of at least 4 members (excludes halogenated alkanes) is 5. The summed E-state index contributed by atoms with van der Waals surface area (Å²) in [6, 6.07) is 0. The highest BCUT2D eigenvalue weighted by molar-refractivity contribution is 4.73. The Morgan fingerprint density at radius 3 is 1.65 bits per heavy atom. The van der Waals surface area contributed by atoms with Crippen LogP contribution in [-0.4, -0.2) is 39.0 Å². The fraction of sp³-hybridized carbons (Fsp3) is 1.00. The summed E-state index contributed by atoms with van der Waals surface area (Å²) in [5.41, 5.74) is 0. The maximum absolute atomic E-state index is 6.06. The van der Waals surface area contributed by atoms with Crippen LogP contribution in [0.1, 0.15) is 98.8 Å². The van der Waals surface area contributed by atoms with Crippen LogP contribution in [0.2, 0.25) is 0 Å². The van der Waals surface area contributed by atoms with E-state index in [1.54, 1.807) is 0 Å². The molecule has 0 aliphatic rings. The second-order valence-corrected chi connectivity index (χ2v) is 6.91. The van der Waals surface area contributed by atoms with Crippen molar-refractivity contribution in [3.8, 4) is 0 Å². The molecular weight excluding hydrogens is 328 g/mol. The van der Waals surface area contributed by atoms with Crippen molar-refractivity contribution in [3.63, 3.8) is 0 Å². The predicted octanol–water partition coefficient (Wildman–Crippen LogP) is 6.32. The van der Waals surface area contributed by atoms with Crippen LogP contribution in [0.15, 0.2) is 0 Å². The van der Waals surface area contributed by atoms with Crippen LogP contribution in [0.4, 0.5) is 0 Å². The second-order valence-electron chi connectivity index (χ2n) is 6.91. The third-order valence-corrected chi connectivity index (χ3v) is 4.63. The van der Waals surface area contributed by atoms with Crippen LogP contribution < -0.4 is 0 Å². The Morgan fingerprint density at radius 1 is 0.577 bits per heavy atom. The molecule has 0 aromatic heterocycles. The fourth-order valence-electron chi connectivity index (χ4n) is 3.43. The second kappa shape index (κ2) is 18.2. The zero-order chi connectivity index (χ0) is 19.5. The van der Waals surface area contributed by atoms with Gasteiger partial charge in [0.1, 0.15) is 0 Å². The normalized spacial score (nSPS) is 13.3. The number of ether oxygens (including phenoxy) is 4. The van der Waals surface area contributed by atoms with Crippen molar-refractivity contribution < 1.29 is 18.9 Å². The van der Waals surface area contributed by atoms with E-state index in [1.807, 2.05) is 20.8 Å². The zero-order valence-electron chi connectivity index (χ0n) is 18.3. The molecule has 26 heavy (non-hydrogen) atoms. The summed E-state index contributed by atoms with van der Waals surface area (Å²) < 4.78 is 23.9. The molecule has 0 amide bonds. The summed E-state index contributed by atoms with van der Waals surface area (Å²) in [7, 11) is 0. The van der Waals surface area contributed by atoms with Crippen molar-refractivity contribution >= 4 is 0 Å². The van der Waals surface area contributed by atoms with E-state index in [0.717, 1.165) is 38.9 Å². The van der Waals surface area contributed by atoms with Gasteiger partial charge in [-0.25, -0.2) is 0 Å². The molecule has 0 aromatic rings. The minimum atomic E-state index is -0.896. The molecule has 0 fully saturated rings. The van der Waals surface area contributed by atoms with Crippen LogP contribution in [0.5, 0.6) is 0 Å². The van der Waals surface area contributed by atoms with E-state index in [1.165, 1.54) is 38.5 Å². The van der Waals surface area contributed by atoms with E-state index in [-0.39, 0.29) is 5.92 Å². The number of hydrogen-bond acceptors (Lipinski definition) is 4. The molecule has 0 aliphatic carbocycles. The minimum absolute atomic E-state index is 0.249. The average molecular weight is 375 g/mol. The number of hydrogen-bond donors (Lipinski definition) is 0. The van der Waals surface area contributed by atoms with E-state index in [0.29, 0.717) is 19.8 Å². The average Bonchev–Trinajstić information content (AvgIpc) is 2.63. The zero-order valence-corrected chi connectivity index (χ0v) is 18.3. The molecule has 0 N–H and O–H groups in total. The lowest BCUT2D eigenvalue weighted by Crippen LogP contribution is -2.47. The van der Waals surface area contributed by atoms with Crippen LogP contribution in [-0.2, 0) is 18.9 Å². The highest BCUT2D eigenvalue weighted by Gasteiger charge is 2.41. The van der Waals surface area contributed by atoms with Crippen molar-refractivity contribution in [1.29, 1.82) is 0 Å².